The monoisotopic (exact) mass is 428 g/mol. The SMILES string of the molecule is [2H]C([2H])([2H])C([2H])([2H])C1=C(C)CN(C(=O)NCCc2ccc(S(=O)(=O)NC(=O)OCC)cc2)C1=O. The van der Waals surface area contributed by atoms with E-state index in [0.717, 1.165) is 4.90 Å². The highest BCUT2D eigenvalue weighted by molar-refractivity contribution is 7.90. The van der Waals surface area contributed by atoms with Crippen LogP contribution in [0.3, 0.4) is 0 Å². The Hall–Kier alpha value is -2.88. The average Bonchev–Trinajstić information content (AvgIpc) is 3.01. The molecular weight excluding hydrogens is 398 g/mol. The van der Waals surface area contributed by atoms with Crippen molar-refractivity contribution in [2.45, 2.75) is 38.4 Å². The van der Waals surface area contributed by atoms with Gasteiger partial charge in [0.25, 0.3) is 15.9 Å². The summed E-state index contributed by atoms with van der Waals surface area (Å²) in [6, 6.07) is 4.72. The molecule has 0 spiro atoms. The summed E-state index contributed by atoms with van der Waals surface area (Å²) in [5.74, 6) is -1.00. The van der Waals surface area contributed by atoms with E-state index in [9.17, 15) is 22.8 Å². The molecule has 0 radical (unpaired) electrons. The van der Waals surface area contributed by atoms with E-state index in [0.29, 0.717) is 5.56 Å². The largest absolute Gasteiger partial charge is 0.449 e. The third-order valence-electron chi connectivity index (χ3n) is 4.07. The van der Waals surface area contributed by atoms with E-state index in [-0.39, 0.29) is 36.6 Å². The van der Waals surface area contributed by atoms with Gasteiger partial charge >= 0.3 is 12.1 Å². The second-order valence-electron chi connectivity index (χ2n) is 6.12. The number of nitrogens with one attached hydrogen (secondary N) is 2. The minimum atomic E-state index is -4.10. The topological polar surface area (TPSA) is 122 Å². The highest BCUT2D eigenvalue weighted by Crippen LogP contribution is 2.21. The van der Waals surface area contributed by atoms with Crippen molar-refractivity contribution in [2.75, 3.05) is 19.7 Å². The number of sulfonamides is 1. The average molecular weight is 429 g/mol. The Labute approximate surface area is 177 Å². The molecule has 0 saturated carbocycles. The van der Waals surface area contributed by atoms with Crippen LogP contribution < -0.4 is 10.0 Å². The molecule has 1 aromatic carbocycles. The molecular formula is C19H25N3O6S. The quantitative estimate of drug-likeness (QED) is 0.684. The van der Waals surface area contributed by atoms with Gasteiger partial charge in [0.2, 0.25) is 0 Å². The molecule has 10 heteroatoms. The molecule has 0 unspecified atom stereocenters. The number of carbonyl (C=O) groups excluding carboxylic acids is 3. The zero-order chi connectivity index (χ0) is 25.9. The van der Waals surface area contributed by atoms with Crippen LogP contribution in [0.2, 0.25) is 0 Å². The van der Waals surface area contributed by atoms with Crippen LogP contribution in [0.4, 0.5) is 9.59 Å². The van der Waals surface area contributed by atoms with Gasteiger partial charge in [0.05, 0.1) is 18.0 Å². The van der Waals surface area contributed by atoms with Crippen LogP contribution in [0.25, 0.3) is 0 Å². The zero-order valence-corrected chi connectivity index (χ0v) is 16.8. The summed E-state index contributed by atoms with van der Waals surface area (Å²) in [7, 11) is -4.10. The van der Waals surface area contributed by atoms with Crippen LogP contribution >= 0.6 is 0 Å². The molecule has 0 bridgehead atoms. The lowest BCUT2D eigenvalue weighted by atomic mass is 10.1. The Bertz CT molecular complexity index is 1100. The Morgan fingerprint density at radius 2 is 2.00 bits per heavy atom. The highest BCUT2D eigenvalue weighted by atomic mass is 32.2. The number of ether oxygens (including phenoxy) is 1. The van der Waals surface area contributed by atoms with Crippen molar-refractivity contribution >= 4 is 28.1 Å². The van der Waals surface area contributed by atoms with E-state index in [2.05, 4.69) is 10.1 Å². The first-order valence-electron chi connectivity index (χ1n) is 11.2. The van der Waals surface area contributed by atoms with Crippen LogP contribution in [0.1, 0.15) is 39.5 Å². The number of benzene rings is 1. The predicted molar refractivity (Wildman–Crippen MR) is 106 cm³/mol. The normalized spacial score (nSPS) is 17.7. The fourth-order valence-corrected chi connectivity index (χ4v) is 3.49. The summed E-state index contributed by atoms with van der Waals surface area (Å²) in [4.78, 5) is 36.9. The molecule has 0 fully saturated rings. The van der Waals surface area contributed by atoms with Gasteiger partial charge in [0.1, 0.15) is 0 Å². The smallest absolute Gasteiger partial charge is 0.421 e. The number of hydrogen-bond acceptors (Lipinski definition) is 6. The second-order valence-corrected chi connectivity index (χ2v) is 7.81. The fraction of sp³-hybridized carbons (Fsp3) is 0.421. The van der Waals surface area contributed by atoms with E-state index in [1.165, 1.54) is 38.1 Å². The van der Waals surface area contributed by atoms with Crippen LogP contribution in [-0.2, 0) is 26.0 Å². The molecule has 1 aliphatic heterocycles. The van der Waals surface area contributed by atoms with Gasteiger partial charge in [-0.15, -0.1) is 0 Å². The first kappa shape index (κ1) is 16.0. The molecule has 0 atom stereocenters. The summed E-state index contributed by atoms with van der Waals surface area (Å²) in [6.07, 6.45) is -3.71. The van der Waals surface area contributed by atoms with Crippen molar-refractivity contribution in [3.05, 3.63) is 41.0 Å². The first-order valence-corrected chi connectivity index (χ1v) is 10.2. The van der Waals surface area contributed by atoms with Gasteiger partial charge < -0.3 is 10.1 Å². The maximum atomic E-state index is 12.6. The van der Waals surface area contributed by atoms with Gasteiger partial charge in [-0.2, -0.15) is 0 Å². The van der Waals surface area contributed by atoms with Gasteiger partial charge in [-0.1, -0.05) is 19.0 Å². The Kier molecular flexibility index (Phi) is 5.26. The van der Waals surface area contributed by atoms with Crippen molar-refractivity contribution < 1.29 is 34.4 Å². The van der Waals surface area contributed by atoms with E-state index in [1.54, 1.807) is 4.72 Å². The number of hydrogen-bond donors (Lipinski definition) is 2. The second kappa shape index (κ2) is 9.55. The van der Waals surface area contributed by atoms with Gasteiger partial charge in [-0.25, -0.2) is 22.7 Å². The molecule has 4 amide bonds. The maximum Gasteiger partial charge on any atom is 0.421 e. The molecule has 2 N–H and O–H groups in total. The predicted octanol–water partition coefficient (Wildman–Crippen LogP) is 1.94. The van der Waals surface area contributed by atoms with E-state index in [4.69, 9.17) is 6.85 Å². The van der Waals surface area contributed by atoms with Gasteiger partial charge in [0.15, 0.2) is 0 Å². The van der Waals surface area contributed by atoms with E-state index < -0.39 is 46.9 Å². The number of imide groups is 1. The lowest BCUT2D eigenvalue weighted by molar-refractivity contribution is -0.123. The Morgan fingerprint density at radius 1 is 1.31 bits per heavy atom. The van der Waals surface area contributed by atoms with Crippen molar-refractivity contribution in [3.8, 4) is 0 Å². The van der Waals surface area contributed by atoms with Crippen molar-refractivity contribution in [3.63, 3.8) is 0 Å². The molecule has 29 heavy (non-hydrogen) atoms. The Morgan fingerprint density at radius 3 is 2.62 bits per heavy atom. The number of amides is 4. The number of urea groups is 1. The van der Waals surface area contributed by atoms with E-state index in [1.807, 2.05) is 0 Å². The molecule has 1 aliphatic rings. The molecule has 158 valence electrons. The first-order chi connectivity index (χ1) is 15.6. The molecule has 0 aromatic heterocycles. The third kappa shape index (κ3) is 5.57. The lowest BCUT2D eigenvalue weighted by Crippen LogP contribution is -2.42. The highest BCUT2D eigenvalue weighted by Gasteiger charge is 2.31. The molecule has 0 aliphatic carbocycles. The van der Waals surface area contributed by atoms with Crippen molar-refractivity contribution in [2.24, 2.45) is 0 Å². The summed E-state index contributed by atoms with van der Waals surface area (Å²) in [6.45, 7) is -0.288. The fourth-order valence-electron chi connectivity index (χ4n) is 2.60. The van der Waals surface area contributed by atoms with Crippen molar-refractivity contribution in [1.29, 1.82) is 0 Å². The van der Waals surface area contributed by atoms with Crippen LogP contribution in [0.5, 0.6) is 0 Å². The van der Waals surface area contributed by atoms with Crippen LogP contribution in [0.15, 0.2) is 40.3 Å². The Balaban J connectivity index is 1.95. The molecule has 9 nitrogen and oxygen atoms in total. The summed E-state index contributed by atoms with van der Waals surface area (Å²) >= 11 is 0. The van der Waals surface area contributed by atoms with Gasteiger partial charge in [-0.3, -0.25) is 9.69 Å². The summed E-state index contributed by atoms with van der Waals surface area (Å²) < 4.78 is 68.3. The molecule has 0 saturated heterocycles. The third-order valence-corrected chi connectivity index (χ3v) is 5.40. The maximum absolute atomic E-state index is 12.6. The van der Waals surface area contributed by atoms with Gasteiger partial charge in [0, 0.05) is 19.0 Å². The molecule has 1 aromatic rings. The molecule has 1 heterocycles. The number of nitrogens with zero attached hydrogens (tertiary/aromatic N) is 1. The number of carbonyl (C=O) groups is 3. The summed E-state index contributed by atoms with van der Waals surface area (Å²) in [5.41, 5.74) is 0.266. The van der Waals surface area contributed by atoms with E-state index >= 15 is 0 Å². The summed E-state index contributed by atoms with van der Waals surface area (Å²) in [5, 5.41) is 2.50. The van der Waals surface area contributed by atoms with Crippen molar-refractivity contribution in [1.82, 2.24) is 14.9 Å². The minimum Gasteiger partial charge on any atom is -0.449 e. The standard InChI is InChI=1S/C19H25N3O6S/c1-4-16-13(3)12-22(17(16)23)18(24)20-11-10-14-6-8-15(9-7-14)29(26,27)21-19(25)28-5-2/h6-9H,4-5,10-12H2,1-3H3,(H,20,24)(H,21,25)/i1D3,4D2. The minimum absolute atomic E-state index is 0.0124. The lowest BCUT2D eigenvalue weighted by Gasteiger charge is -2.16. The van der Waals surface area contributed by atoms with Crippen LogP contribution in [0, 0.1) is 0 Å². The number of rotatable bonds is 7. The van der Waals surface area contributed by atoms with Gasteiger partial charge in [-0.05, 0) is 49.9 Å². The zero-order valence-electron chi connectivity index (χ0n) is 20.9. The molecule has 2 rings (SSSR count). The van der Waals surface area contributed by atoms with Crippen LogP contribution in [-0.4, -0.2) is 51.0 Å².